The summed E-state index contributed by atoms with van der Waals surface area (Å²) in [5, 5.41) is 30.1. The van der Waals surface area contributed by atoms with Crippen LogP contribution in [0.5, 0.6) is 11.5 Å². The van der Waals surface area contributed by atoms with E-state index in [1.165, 1.54) is 0 Å². The first-order valence-electron chi connectivity index (χ1n) is 11.9. The van der Waals surface area contributed by atoms with Crippen LogP contribution in [0, 0.1) is 5.41 Å². The number of fused-ring (bicyclic) bond motifs is 2. The van der Waals surface area contributed by atoms with Crippen LogP contribution in [-0.2, 0) is 0 Å². The number of nitrogens with zero attached hydrogens (tertiary/aromatic N) is 4. The van der Waals surface area contributed by atoms with Crippen LogP contribution in [0.4, 0.5) is 5.69 Å². The Morgan fingerprint density at radius 1 is 1.09 bits per heavy atom. The Morgan fingerprint density at radius 3 is 2.60 bits per heavy atom. The molecule has 3 heterocycles. The number of benzene rings is 2. The van der Waals surface area contributed by atoms with Crippen LogP contribution in [0.25, 0.3) is 27.8 Å². The van der Waals surface area contributed by atoms with Gasteiger partial charge in [0, 0.05) is 36.0 Å². The second kappa shape index (κ2) is 9.33. The Kier molecular flexibility index (Phi) is 6.22. The molecule has 1 fully saturated rings. The Hall–Kier alpha value is -3.40. The molecule has 0 bridgehead atoms. The number of anilines is 1. The molecule has 9 nitrogen and oxygen atoms in total. The van der Waals surface area contributed by atoms with E-state index in [2.05, 4.69) is 9.88 Å². The highest BCUT2D eigenvalue weighted by molar-refractivity contribution is 5.96. The molecule has 0 radical (unpaired) electrons. The smallest absolute Gasteiger partial charge is 0.139 e. The van der Waals surface area contributed by atoms with Gasteiger partial charge in [-0.1, -0.05) is 6.92 Å². The first kappa shape index (κ1) is 23.3. The summed E-state index contributed by atoms with van der Waals surface area (Å²) in [4.78, 5) is 11.8. The predicted octanol–water partition coefficient (Wildman–Crippen LogP) is 2.58. The number of aliphatic hydroxyl groups is 2. The molecule has 5 N–H and O–H groups in total. The van der Waals surface area contributed by atoms with Gasteiger partial charge in [-0.3, -0.25) is 4.57 Å². The fourth-order valence-corrected chi connectivity index (χ4v) is 4.37. The number of nitrogens with two attached hydrogens (primary N) is 1. The minimum absolute atomic E-state index is 0.171. The van der Waals surface area contributed by atoms with Gasteiger partial charge in [0.2, 0.25) is 0 Å². The van der Waals surface area contributed by atoms with Gasteiger partial charge in [0.25, 0.3) is 0 Å². The van der Waals surface area contributed by atoms with Crippen molar-refractivity contribution in [2.75, 3.05) is 37.8 Å². The summed E-state index contributed by atoms with van der Waals surface area (Å²) in [6.07, 6.45) is 3.57. The van der Waals surface area contributed by atoms with E-state index in [9.17, 15) is 15.3 Å². The molecule has 5 rings (SSSR count). The first-order valence-corrected chi connectivity index (χ1v) is 11.9. The third kappa shape index (κ3) is 4.50. The van der Waals surface area contributed by atoms with Crippen molar-refractivity contribution in [3.05, 3.63) is 48.8 Å². The lowest BCUT2D eigenvalue weighted by Crippen LogP contribution is -2.39. The summed E-state index contributed by atoms with van der Waals surface area (Å²) < 4.78 is 7.72. The molecule has 2 aromatic carbocycles. The zero-order valence-electron chi connectivity index (χ0n) is 19.8. The highest BCUT2D eigenvalue weighted by atomic mass is 16.5. The summed E-state index contributed by atoms with van der Waals surface area (Å²) in [5.74, 6) is 1.51. The Bertz CT molecular complexity index is 1340. The fourth-order valence-electron chi connectivity index (χ4n) is 4.37. The van der Waals surface area contributed by atoms with E-state index in [1.807, 2.05) is 41.0 Å². The van der Waals surface area contributed by atoms with Crippen LogP contribution in [0.3, 0.4) is 0 Å². The van der Waals surface area contributed by atoms with E-state index >= 15 is 0 Å². The molecule has 9 heteroatoms. The Morgan fingerprint density at radius 2 is 1.86 bits per heavy atom. The van der Waals surface area contributed by atoms with Crippen molar-refractivity contribution < 1.29 is 20.1 Å². The number of phenolic OH excluding ortho intramolecular Hbond substituents is 1. The molecule has 184 valence electrons. The summed E-state index contributed by atoms with van der Waals surface area (Å²) in [6, 6.07) is 13.2. The second-order valence-corrected chi connectivity index (χ2v) is 9.67. The number of rotatable bonds is 7. The number of ether oxygens (including phenoxy) is 1. The van der Waals surface area contributed by atoms with Gasteiger partial charge in [-0.05, 0) is 49.2 Å². The predicted molar refractivity (Wildman–Crippen MR) is 135 cm³/mol. The highest BCUT2D eigenvalue weighted by Gasteiger charge is 2.24. The van der Waals surface area contributed by atoms with Crippen LogP contribution in [0.15, 0.2) is 48.8 Å². The van der Waals surface area contributed by atoms with Crippen LogP contribution in [-0.4, -0.2) is 68.8 Å². The van der Waals surface area contributed by atoms with Crippen molar-refractivity contribution in [3.8, 4) is 17.3 Å². The fraction of sp³-hybridized carbons (Fsp3) is 0.385. The van der Waals surface area contributed by atoms with E-state index < -0.39 is 5.41 Å². The number of hydrogen-bond acceptors (Lipinski definition) is 8. The number of piperidine rings is 1. The molecule has 0 saturated carbocycles. The van der Waals surface area contributed by atoms with Gasteiger partial charge in [0.15, 0.2) is 0 Å². The van der Waals surface area contributed by atoms with Gasteiger partial charge in [-0.25, -0.2) is 9.97 Å². The molecule has 4 aromatic rings. The topological polar surface area (TPSA) is 130 Å². The molecule has 0 amide bonds. The van der Waals surface area contributed by atoms with Crippen molar-refractivity contribution in [1.82, 2.24) is 14.5 Å². The SMILES string of the molecule is CC(CO)(CO)COc1ccc2c(c1)ncn2-c1ccc2c(O)ccc(N3CCC(N)CC3)c2n1. The third-order valence-electron chi connectivity index (χ3n) is 6.79. The monoisotopic (exact) mass is 477 g/mol. The minimum atomic E-state index is -0.716. The minimum Gasteiger partial charge on any atom is -0.507 e. The molecular formula is C26H31N5O4. The molecule has 0 spiro atoms. The lowest BCUT2D eigenvalue weighted by molar-refractivity contribution is 0.0287. The quantitative estimate of drug-likeness (QED) is 0.320. The van der Waals surface area contributed by atoms with Gasteiger partial charge in [0.1, 0.15) is 23.6 Å². The third-order valence-corrected chi connectivity index (χ3v) is 6.79. The van der Waals surface area contributed by atoms with Gasteiger partial charge in [-0.15, -0.1) is 0 Å². The number of imidazole rings is 1. The van der Waals surface area contributed by atoms with E-state index in [4.69, 9.17) is 15.5 Å². The second-order valence-electron chi connectivity index (χ2n) is 9.67. The van der Waals surface area contributed by atoms with Crippen molar-refractivity contribution in [1.29, 1.82) is 0 Å². The average molecular weight is 478 g/mol. The lowest BCUT2D eigenvalue weighted by Gasteiger charge is -2.32. The molecule has 1 aliphatic heterocycles. The van der Waals surface area contributed by atoms with Crippen molar-refractivity contribution in [2.24, 2.45) is 11.1 Å². The summed E-state index contributed by atoms with van der Waals surface area (Å²) >= 11 is 0. The van der Waals surface area contributed by atoms with Crippen LogP contribution in [0.1, 0.15) is 19.8 Å². The maximum atomic E-state index is 10.5. The first-order chi connectivity index (χ1) is 16.9. The molecule has 1 saturated heterocycles. The number of pyridine rings is 1. The van der Waals surface area contributed by atoms with Crippen LogP contribution in [0.2, 0.25) is 0 Å². The molecular weight excluding hydrogens is 446 g/mol. The maximum Gasteiger partial charge on any atom is 0.139 e. The van der Waals surface area contributed by atoms with Crippen molar-refractivity contribution in [2.45, 2.75) is 25.8 Å². The standard InChI is InChI=1S/C26H31N5O4/c1-26(13-32,14-33)15-35-18-2-4-21-20(12-18)28-16-31(21)24-7-3-19-23(34)6-5-22(25(19)29-24)30-10-8-17(27)9-11-30/h2-7,12,16-17,32-34H,8-11,13-15,27H2,1H3. The molecule has 0 atom stereocenters. The Balaban J connectivity index is 1.48. The highest BCUT2D eigenvalue weighted by Crippen LogP contribution is 2.34. The summed E-state index contributed by atoms with van der Waals surface area (Å²) in [5.41, 5.74) is 8.71. The van der Waals surface area contributed by atoms with E-state index in [0.29, 0.717) is 17.0 Å². The number of phenols is 1. The number of aromatic nitrogens is 3. The molecule has 0 unspecified atom stereocenters. The lowest BCUT2D eigenvalue weighted by atomic mass is 9.94. The van der Waals surface area contributed by atoms with Crippen molar-refractivity contribution in [3.63, 3.8) is 0 Å². The number of hydrogen-bond donors (Lipinski definition) is 4. The molecule has 1 aliphatic rings. The van der Waals surface area contributed by atoms with Gasteiger partial charge >= 0.3 is 0 Å². The van der Waals surface area contributed by atoms with Crippen molar-refractivity contribution >= 4 is 27.6 Å². The van der Waals surface area contributed by atoms with Gasteiger partial charge in [-0.2, -0.15) is 0 Å². The largest absolute Gasteiger partial charge is 0.507 e. The summed E-state index contributed by atoms with van der Waals surface area (Å²) in [7, 11) is 0. The Labute approximate surface area is 203 Å². The van der Waals surface area contributed by atoms with E-state index in [0.717, 1.165) is 48.2 Å². The van der Waals surface area contributed by atoms with E-state index in [1.54, 1.807) is 19.3 Å². The van der Waals surface area contributed by atoms with E-state index in [-0.39, 0.29) is 31.6 Å². The van der Waals surface area contributed by atoms with Gasteiger partial charge in [0.05, 0.1) is 42.1 Å². The molecule has 35 heavy (non-hydrogen) atoms. The summed E-state index contributed by atoms with van der Waals surface area (Å²) in [6.45, 7) is 3.32. The zero-order chi connectivity index (χ0) is 24.6. The molecule has 0 aliphatic carbocycles. The van der Waals surface area contributed by atoms with Crippen LogP contribution >= 0.6 is 0 Å². The van der Waals surface area contributed by atoms with Gasteiger partial charge < -0.3 is 30.7 Å². The maximum absolute atomic E-state index is 10.5. The molecule has 2 aromatic heterocycles. The number of aromatic hydroxyl groups is 1. The normalized spacial score (nSPS) is 15.3. The number of aliphatic hydroxyl groups excluding tert-OH is 2. The zero-order valence-corrected chi connectivity index (χ0v) is 19.8. The average Bonchev–Trinajstić information content (AvgIpc) is 3.31. The van der Waals surface area contributed by atoms with Crippen LogP contribution < -0.4 is 15.4 Å².